The molecule has 0 bridgehead atoms. The Labute approximate surface area is 165 Å². The fraction of sp³-hybridized carbons (Fsp3) is 0.429. The molecule has 2 aromatic rings. The van der Waals surface area contributed by atoms with Crippen molar-refractivity contribution in [3.05, 3.63) is 36.0 Å². The molecule has 1 aromatic heterocycles. The zero-order valence-electron chi connectivity index (χ0n) is 16.6. The van der Waals surface area contributed by atoms with Crippen LogP contribution in [0.1, 0.15) is 42.5 Å². The van der Waals surface area contributed by atoms with Crippen molar-refractivity contribution in [2.45, 2.75) is 38.1 Å². The first-order valence-electron chi connectivity index (χ1n) is 9.48. The number of carbonyl (C=O) groups is 1. The number of pyridine rings is 1. The average Bonchev–Trinajstić information content (AvgIpc) is 2.73. The third-order valence-electron chi connectivity index (χ3n) is 4.90. The molecule has 1 amide bonds. The molecule has 0 spiro atoms. The Morgan fingerprint density at radius 3 is 2.29 bits per heavy atom. The van der Waals surface area contributed by atoms with E-state index in [1.807, 2.05) is 0 Å². The molecule has 7 nitrogen and oxygen atoms in total. The van der Waals surface area contributed by atoms with Gasteiger partial charge >= 0.3 is 0 Å². The summed E-state index contributed by atoms with van der Waals surface area (Å²) in [6.07, 6.45) is 7.70. The minimum absolute atomic E-state index is 0.233. The van der Waals surface area contributed by atoms with Crippen LogP contribution in [0.5, 0.6) is 17.2 Å². The van der Waals surface area contributed by atoms with Crippen LogP contribution < -0.4 is 24.8 Å². The van der Waals surface area contributed by atoms with Crippen molar-refractivity contribution >= 4 is 17.4 Å². The van der Waals surface area contributed by atoms with Crippen LogP contribution in [0, 0.1) is 0 Å². The molecule has 0 aliphatic heterocycles. The quantitative estimate of drug-likeness (QED) is 0.747. The number of nitrogens with zero attached hydrogens (tertiary/aromatic N) is 1. The van der Waals surface area contributed by atoms with Gasteiger partial charge in [0.1, 0.15) is 5.82 Å². The van der Waals surface area contributed by atoms with Gasteiger partial charge in [0, 0.05) is 35.6 Å². The Hall–Kier alpha value is -2.96. The summed E-state index contributed by atoms with van der Waals surface area (Å²) in [4.78, 5) is 17.1. The van der Waals surface area contributed by atoms with Crippen LogP contribution in [0.25, 0.3) is 0 Å². The number of nitrogens with one attached hydrogen (secondary N) is 2. The van der Waals surface area contributed by atoms with E-state index in [0.717, 1.165) is 18.7 Å². The highest BCUT2D eigenvalue weighted by molar-refractivity contribution is 6.05. The molecule has 1 heterocycles. The summed E-state index contributed by atoms with van der Waals surface area (Å²) in [5.74, 6) is 1.93. The third-order valence-corrected chi connectivity index (χ3v) is 4.90. The van der Waals surface area contributed by atoms with E-state index in [0.29, 0.717) is 34.5 Å². The predicted octanol–water partition coefficient (Wildman–Crippen LogP) is 4.10. The van der Waals surface area contributed by atoms with Gasteiger partial charge in [-0.1, -0.05) is 19.3 Å². The molecule has 28 heavy (non-hydrogen) atoms. The largest absolute Gasteiger partial charge is 0.493 e. The predicted molar refractivity (Wildman–Crippen MR) is 109 cm³/mol. The van der Waals surface area contributed by atoms with Crippen LogP contribution in [0.15, 0.2) is 30.5 Å². The summed E-state index contributed by atoms with van der Waals surface area (Å²) in [5.41, 5.74) is 1.08. The summed E-state index contributed by atoms with van der Waals surface area (Å²) in [6.45, 7) is 0. The van der Waals surface area contributed by atoms with Crippen LogP contribution in [0.4, 0.5) is 11.5 Å². The van der Waals surface area contributed by atoms with Gasteiger partial charge in [0.05, 0.1) is 21.3 Å². The summed E-state index contributed by atoms with van der Waals surface area (Å²) >= 11 is 0. The van der Waals surface area contributed by atoms with E-state index >= 15 is 0 Å². The molecule has 1 saturated carbocycles. The first-order valence-corrected chi connectivity index (χ1v) is 9.48. The van der Waals surface area contributed by atoms with Gasteiger partial charge in [-0.05, 0) is 25.0 Å². The van der Waals surface area contributed by atoms with E-state index in [2.05, 4.69) is 15.6 Å². The maximum absolute atomic E-state index is 12.7. The number of anilines is 2. The lowest BCUT2D eigenvalue weighted by molar-refractivity contribution is 0.102. The number of benzene rings is 1. The number of methoxy groups -OCH3 is 3. The van der Waals surface area contributed by atoms with Crippen LogP contribution in [-0.2, 0) is 0 Å². The Kier molecular flexibility index (Phi) is 6.57. The van der Waals surface area contributed by atoms with Gasteiger partial charge in [-0.15, -0.1) is 0 Å². The van der Waals surface area contributed by atoms with Crippen LogP contribution in [0.2, 0.25) is 0 Å². The first-order chi connectivity index (χ1) is 13.6. The smallest absolute Gasteiger partial charge is 0.255 e. The van der Waals surface area contributed by atoms with Gasteiger partial charge < -0.3 is 24.8 Å². The molecule has 1 aliphatic carbocycles. The van der Waals surface area contributed by atoms with E-state index in [-0.39, 0.29) is 5.91 Å². The Balaban J connectivity index is 1.75. The molecular weight excluding hydrogens is 358 g/mol. The highest BCUT2D eigenvalue weighted by Gasteiger charge is 2.17. The van der Waals surface area contributed by atoms with E-state index < -0.39 is 0 Å². The molecule has 0 unspecified atom stereocenters. The summed E-state index contributed by atoms with van der Waals surface area (Å²) < 4.78 is 16.0. The standard InChI is InChI=1S/C21H27N3O4/c1-26-17-12-16(13-18(27-2)20(17)28-3)24-21(25)14-9-10-22-19(11-14)23-15-7-5-4-6-8-15/h9-13,15H,4-8H2,1-3H3,(H,22,23)(H,24,25). The number of hydrogen-bond donors (Lipinski definition) is 2. The molecule has 2 N–H and O–H groups in total. The number of carbonyl (C=O) groups excluding carboxylic acids is 1. The molecule has 0 atom stereocenters. The van der Waals surface area contributed by atoms with Crippen LogP contribution in [-0.4, -0.2) is 38.3 Å². The number of ether oxygens (including phenoxy) is 3. The second-order valence-electron chi connectivity index (χ2n) is 6.78. The van der Waals surface area contributed by atoms with Crippen molar-refractivity contribution in [1.29, 1.82) is 0 Å². The molecule has 150 valence electrons. The van der Waals surface area contributed by atoms with Crippen molar-refractivity contribution in [2.75, 3.05) is 32.0 Å². The lowest BCUT2D eigenvalue weighted by Gasteiger charge is -2.23. The second-order valence-corrected chi connectivity index (χ2v) is 6.78. The lowest BCUT2D eigenvalue weighted by Crippen LogP contribution is -2.23. The topological polar surface area (TPSA) is 81.7 Å². The molecule has 7 heteroatoms. The van der Waals surface area contributed by atoms with E-state index in [1.54, 1.807) is 30.5 Å². The van der Waals surface area contributed by atoms with E-state index in [1.165, 1.54) is 40.6 Å². The summed E-state index contributed by atoms with van der Waals surface area (Å²) in [6, 6.07) is 7.29. The summed E-state index contributed by atoms with van der Waals surface area (Å²) in [7, 11) is 4.61. The number of amides is 1. The number of aromatic nitrogens is 1. The normalized spacial score (nSPS) is 14.2. The maximum Gasteiger partial charge on any atom is 0.255 e. The van der Waals surface area contributed by atoms with Gasteiger partial charge in [0.15, 0.2) is 11.5 Å². The van der Waals surface area contributed by atoms with Crippen molar-refractivity contribution in [3.63, 3.8) is 0 Å². The second kappa shape index (κ2) is 9.30. The maximum atomic E-state index is 12.7. The fourth-order valence-corrected chi connectivity index (χ4v) is 3.46. The molecule has 0 radical (unpaired) electrons. The molecule has 0 saturated heterocycles. The average molecular weight is 385 g/mol. The van der Waals surface area contributed by atoms with Gasteiger partial charge in [-0.2, -0.15) is 0 Å². The van der Waals surface area contributed by atoms with E-state index in [9.17, 15) is 4.79 Å². The van der Waals surface area contributed by atoms with E-state index in [4.69, 9.17) is 14.2 Å². The van der Waals surface area contributed by atoms with Gasteiger partial charge in [-0.25, -0.2) is 4.98 Å². The zero-order chi connectivity index (χ0) is 19.9. The van der Waals surface area contributed by atoms with Crippen molar-refractivity contribution in [1.82, 2.24) is 4.98 Å². The molecular formula is C21H27N3O4. The minimum Gasteiger partial charge on any atom is -0.493 e. The van der Waals surface area contributed by atoms with Crippen molar-refractivity contribution in [3.8, 4) is 17.2 Å². The number of hydrogen-bond acceptors (Lipinski definition) is 6. The highest BCUT2D eigenvalue weighted by Crippen LogP contribution is 2.40. The minimum atomic E-state index is -0.233. The van der Waals surface area contributed by atoms with Crippen LogP contribution >= 0.6 is 0 Å². The SMILES string of the molecule is COc1cc(NC(=O)c2ccnc(NC3CCCCC3)c2)cc(OC)c1OC. The monoisotopic (exact) mass is 385 g/mol. The Morgan fingerprint density at radius 2 is 1.68 bits per heavy atom. The van der Waals surface area contributed by atoms with Crippen molar-refractivity contribution in [2.24, 2.45) is 0 Å². The molecule has 1 fully saturated rings. The molecule has 3 rings (SSSR count). The highest BCUT2D eigenvalue weighted by atomic mass is 16.5. The van der Waals surface area contributed by atoms with Gasteiger partial charge in [0.25, 0.3) is 5.91 Å². The Morgan fingerprint density at radius 1 is 1.00 bits per heavy atom. The summed E-state index contributed by atoms with van der Waals surface area (Å²) in [5, 5.41) is 6.32. The molecule has 1 aliphatic rings. The fourth-order valence-electron chi connectivity index (χ4n) is 3.46. The third kappa shape index (κ3) is 4.65. The first kappa shape index (κ1) is 19.8. The molecule has 1 aromatic carbocycles. The van der Waals surface area contributed by atoms with Gasteiger partial charge in [-0.3, -0.25) is 4.79 Å². The van der Waals surface area contributed by atoms with Crippen molar-refractivity contribution < 1.29 is 19.0 Å². The van der Waals surface area contributed by atoms with Crippen LogP contribution in [0.3, 0.4) is 0 Å². The number of rotatable bonds is 7. The Bertz CT molecular complexity index is 794. The zero-order valence-corrected chi connectivity index (χ0v) is 16.6. The van der Waals surface area contributed by atoms with Gasteiger partial charge in [0.2, 0.25) is 5.75 Å². The lowest BCUT2D eigenvalue weighted by atomic mass is 9.95.